The summed E-state index contributed by atoms with van der Waals surface area (Å²) in [7, 11) is 1.48. The van der Waals surface area contributed by atoms with Crippen molar-refractivity contribution in [2.75, 3.05) is 25.1 Å². The summed E-state index contributed by atoms with van der Waals surface area (Å²) in [6.07, 6.45) is 4.65. The zero-order valence-corrected chi connectivity index (χ0v) is 22.8. The van der Waals surface area contributed by atoms with Gasteiger partial charge in [-0.2, -0.15) is 0 Å². The molecule has 0 fully saturated rings. The van der Waals surface area contributed by atoms with E-state index in [9.17, 15) is 14.4 Å². The topological polar surface area (TPSA) is 90.0 Å². The van der Waals surface area contributed by atoms with Crippen molar-refractivity contribution in [2.24, 2.45) is 0 Å². The fourth-order valence-corrected chi connectivity index (χ4v) is 5.99. The average molecular weight is 526 g/mol. The minimum atomic E-state index is -0.771. The van der Waals surface area contributed by atoms with E-state index >= 15 is 0 Å². The van der Waals surface area contributed by atoms with Gasteiger partial charge in [0.25, 0.3) is 0 Å². The Morgan fingerprint density at radius 3 is 2.38 bits per heavy atom. The summed E-state index contributed by atoms with van der Waals surface area (Å²) < 4.78 is 16.6. The van der Waals surface area contributed by atoms with Crippen molar-refractivity contribution in [2.45, 2.75) is 51.4 Å². The number of fused-ring (bicyclic) bond motifs is 3. The number of methoxy groups -OCH3 is 1. The molecule has 0 saturated heterocycles. The van der Waals surface area contributed by atoms with E-state index < -0.39 is 17.0 Å². The van der Waals surface area contributed by atoms with Crippen LogP contribution in [0.25, 0.3) is 28.0 Å². The number of ketones is 1. The van der Waals surface area contributed by atoms with Gasteiger partial charge in [-0.05, 0) is 65.7 Å². The normalized spacial score (nSPS) is 17.5. The number of carbonyl (C=O) groups excluding carboxylic acids is 1. The summed E-state index contributed by atoms with van der Waals surface area (Å²) in [5.74, 6) is -0.157. The molecular weight excluding hydrogens is 494 g/mol. The molecule has 200 valence electrons. The molecule has 2 aromatic carbocycles. The molecule has 0 bridgehead atoms. The Kier molecular flexibility index (Phi) is 5.61. The van der Waals surface area contributed by atoms with Crippen molar-refractivity contribution in [3.63, 3.8) is 0 Å². The maximum absolute atomic E-state index is 13.1. The summed E-state index contributed by atoms with van der Waals surface area (Å²) in [6, 6.07) is 10.6. The van der Waals surface area contributed by atoms with Gasteiger partial charge in [-0.1, -0.05) is 39.8 Å². The van der Waals surface area contributed by atoms with Gasteiger partial charge in [0.2, 0.25) is 0 Å². The van der Waals surface area contributed by atoms with Gasteiger partial charge in [-0.25, -0.2) is 9.59 Å². The Hall–Kier alpha value is -4.13. The number of para-hydroxylation sites is 1. The van der Waals surface area contributed by atoms with Crippen LogP contribution in [0.15, 0.2) is 60.9 Å². The molecule has 0 aliphatic carbocycles. The van der Waals surface area contributed by atoms with Gasteiger partial charge in [0, 0.05) is 35.1 Å². The molecule has 7 nitrogen and oxygen atoms in total. The molecule has 6 rings (SSSR count). The fourth-order valence-electron chi connectivity index (χ4n) is 5.99. The van der Waals surface area contributed by atoms with Crippen molar-refractivity contribution < 1.29 is 18.4 Å². The highest BCUT2D eigenvalue weighted by Crippen LogP contribution is 2.51. The summed E-state index contributed by atoms with van der Waals surface area (Å²) in [5, 5.41) is 1.39. The second-order valence-electron chi connectivity index (χ2n) is 11.8. The Bertz CT molecular complexity index is 1820. The first-order valence-corrected chi connectivity index (χ1v) is 13.2. The summed E-state index contributed by atoms with van der Waals surface area (Å²) in [4.78, 5) is 41.2. The van der Waals surface area contributed by atoms with E-state index in [0.717, 1.165) is 36.9 Å². The van der Waals surface area contributed by atoms with Crippen molar-refractivity contribution in [3.05, 3.63) is 85.6 Å². The first-order valence-electron chi connectivity index (χ1n) is 13.2. The maximum atomic E-state index is 13.1. The third kappa shape index (κ3) is 3.99. The highest BCUT2D eigenvalue weighted by atomic mass is 16.5. The van der Waals surface area contributed by atoms with E-state index in [4.69, 9.17) is 13.6 Å². The summed E-state index contributed by atoms with van der Waals surface area (Å²) >= 11 is 0. The van der Waals surface area contributed by atoms with Crippen LogP contribution < -0.4 is 20.9 Å². The van der Waals surface area contributed by atoms with E-state index in [1.165, 1.54) is 36.6 Å². The van der Waals surface area contributed by atoms with E-state index in [2.05, 4.69) is 38.7 Å². The molecule has 2 aromatic heterocycles. The van der Waals surface area contributed by atoms with E-state index in [-0.39, 0.29) is 27.5 Å². The zero-order chi connectivity index (χ0) is 27.7. The van der Waals surface area contributed by atoms with Gasteiger partial charge in [0.15, 0.2) is 17.1 Å². The van der Waals surface area contributed by atoms with Crippen LogP contribution in [0.4, 0.5) is 5.69 Å². The molecule has 4 heterocycles. The predicted octanol–water partition coefficient (Wildman–Crippen LogP) is 5.97. The number of ether oxygens (including phenoxy) is 1. The monoisotopic (exact) mass is 525 g/mol. The molecule has 39 heavy (non-hydrogen) atoms. The standard InChI is InChI=1S/C32H31NO6/c1-31(2)11-13-33-14-12-32(3,4)25-26(33)22(31)17-20-15-19(29(35)39-28(20)25)9-10-23(34)21-16-18-7-6-8-24(37-5)27(18)38-30(21)36/h6-10,15-17H,11-14H2,1-5H3/b10-9+. The largest absolute Gasteiger partial charge is 0.493 e. The summed E-state index contributed by atoms with van der Waals surface area (Å²) in [6.45, 7) is 10.9. The van der Waals surface area contributed by atoms with Gasteiger partial charge in [0.1, 0.15) is 11.1 Å². The van der Waals surface area contributed by atoms with Crippen LogP contribution in [0, 0.1) is 0 Å². The van der Waals surface area contributed by atoms with Crippen molar-refractivity contribution in [1.29, 1.82) is 0 Å². The Balaban J connectivity index is 1.45. The number of hydrogen-bond acceptors (Lipinski definition) is 7. The number of anilines is 1. The Morgan fingerprint density at radius 2 is 1.64 bits per heavy atom. The SMILES string of the molecule is COc1cccc2cc(C(=O)/C=C/c3cc4cc5c6c(c4oc3=O)C(C)(C)CCN6CCC5(C)C)c(=O)oc12. The molecule has 0 atom stereocenters. The number of carbonyl (C=O) groups is 1. The maximum Gasteiger partial charge on any atom is 0.347 e. The Labute approximate surface area is 225 Å². The van der Waals surface area contributed by atoms with Crippen molar-refractivity contribution in [3.8, 4) is 5.75 Å². The third-order valence-corrected chi connectivity index (χ3v) is 8.38. The fraction of sp³-hybridized carbons (Fsp3) is 0.344. The van der Waals surface area contributed by atoms with Crippen LogP contribution >= 0.6 is 0 Å². The molecule has 0 radical (unpaired) electrons. The van der Waals surface area contributed by atoms with Gasteiger partial charge in [-0.3, -0.25) is 4.79 Å². The molecule has 0 unspecified atom stereocenters. The van der Waals surface area contributed by atoms with E-state index in [1.807, 2.05) is 0 Å². The first-order chi connectivity index (χ1) is 18.5. The first kappa shape index (κ1) is 25.2. The van der Waals surface area contributed by atoms with Crippen LogP contribution in [0.5, 0.6) is 5.75 Å². The molecule has 4 aromatic rings. The molecule has 2 aliphatic rings. The van der Waals surface area contributed by atoms with Crippen molar-refractivity contribution >= 4 is 39.5 Å². The minimum absolute atomic E-state index is 0.0168. The molecule has 7 heteroatoms. The second-order valence-corrected chi connectivity index (χ2v) is 11.8. The summed E-state index contributed by atoms with van der Waals surface area (Å²) in [5.41, 5.74) is 3.09. The van der Waals surface area contributed by atoms with Crippen molar-refractivity contribution in [1.82, 2.24) is 0 Å². The van der Waals surface area contributed by atoms with Crippen LogP contribution in [0.2, 0.25) is 0 Å². The average Bonchev–Trinajstić information content (AvgIpc) is 2.89. The molecule has 0 N–H and O–H groups in total. The van der Waals surface area contributed by atoms with Crippen LogP contribution in [0.1, 0.15) is 67.6 Å². The lowest BCUT2D eigenvalue weighted by atomic mass is 9.69. The van der Waals surface area contributed by atoms with Gasteiger partial charge >= 0.3 is 11.3 Å². The predicted molar refractivity (Wildman–Crippen MR) is 152 cm³/mol. The molecular formula is C32H31NO6. The van der Waals surface area contributed by atoms with Gasteiger partial charge in [0.05, 0.1) is 12.7 Å². The number of hydrogen-bond donors (Lipinski definition) is 0. The quantitative estimate of drug-likeness (QED) is 0.184. The number of nitrogens with zero attached hydrogens (tertiary/aromatic N) is 1. The number of allylic oxidation sites excluding steroid dienone is 1. The zero-order valence-electron chi connectivity index (χ0n) is 22.8. The number of benzene rings is 2. The third-order valence-electron chi connectivity index (χ3n) is 8.38. The Morgan fingerprint density at radius 1 is 0.923 bits per heavy atom. The van der Waals surface area contributed by atoms with Crippen LogP contribution in [0.3, 0.4) is 0 Å². The molecule has 0 amide bonds. The van der Waals surface area contributed by atoms with Crippen LogP contribution in [-0.2, 0) is 10.8 Å². The molecule has 0 spiro atoms. The van der Waals surface area contributed by atoms with Crippen LogP contribution in [-0.4, -0.2) is 26.0 Å². The van der Waals surface area contributed by atoms with E-state index in [1.54, 1.807) is 24.3 Å². The minimum Gasteiger partial charge on any atom is -0.493 e. The lowest BCUT2D eigenvalue weighted by molar-refractivity contribution is 0.104. The highest BCUT2D eigenvalue weighted by Gasteiger charge is 2.41. The van der Waals surface area contributed by atoms with Gasteiger partial charge in [-0.15, -0.1) is 0 Å². The second kappa shape index (κ2) is 8.70. The smallest absolute Gasteiger partial charge is 0.347 e. The highest BCUT2D eigenvalue weighted by molar-refractivity contribution is 6.08. The lowest BCUT2D eigenvalue weighted by Crippen LogP contribution is -2.44. The lowest BCUT2D eigenvalue weighted by Gasteiger charge is -2.48. The molecule has 0 saturated carbocycles. The van der Waals surface area contributed by atoms with Gasteiger partial charge < -0.3 is 18.5 Å². The van der Waals surface area contributed by atoms with E-state index in [0.29, 0.717) is 16.7 Å². The number of rotatable bonds is 4. The molecule has 2 aliphatic heterocycles.